The molecule has 2 fully saturated rings. The van der Waals surface area contributed by atoms with Crippen LogP contribution in [0.5, 0.6) is 0 Å². The van der Waals surface area contributed by atoms with E-state index in [0.29, 0.717) is 6.54 Å². The molecule has 2 heterocycles. The highest BCUT2D eigenvalue weighted by Crippen LogP contribution is 2.12. The normalized spacial score (nSPS) is 26.4. The minimum Gasteiger partial charge on any atom is -0.319 e. The lowest BCUT2D eigenvalue weighted by Gasteiger charge is -2.34. The maximum atomic E-state index is 11.6. The van der Waals surface area contributed by atoms with Crippen LogP contribution in [-0.2, 0) is 9.59 Å². The van der Waals surface area contributed by atoms with Crippen molar-refractivity contribution in [1.29, 1.82) is 0 Å². The molecule has 2 aliphatic heterocycles. The van der Waals surface area contributed by atoms with E-state index in [1.54, 1.807) is 0 Å². The second kappa shape index (κ2) is 6.45. The van der Waals surface area contributed by atoms with Gasteiger partial charge in [-0.25, -0.2) is 0 Å². The molecule has 0 aromatic heterocycles. The standard InChI is InChI=1S/C13H24N4O2/c1-2-15-6-8-16(9-7-15)4-3-5-17-12(18)10-11(14)13(17)19/h11H,2-10,14H2,1H3/t11-/m0/s1. The Labute approximate surface area is 114 Å². The molecule has 2 saturated heterocycles. The summed E-state index contributed by atoms with van der Waals surface area (Å²) in [5.41, 5.74) is 5.58. The van der Waals surface area contributed by atoms with Crippen molar-refractivity contribution in [3.8, 4) is 0 Å². The Hall–Kier alpha value is -0.980. The molecule has 2 N–H and O–H groups in total. The summed E-state index contributed by atoms with van der Waals surface area (Å²) < 4.78 is 0. The number of carbonyl (C=O) groups is 2. The maximum absolute atomic E-state index is 11.6. The third kappa shape index (κ3) is 3.52. The predicted octanol–water partition coefficient (Wildman–Crippen LogP) is -0.900. The van der Waals surface area contributed by atoms with Crippen molar-refractivity contribution in [3.05, 3.63) is 0 Å². The summed E-state index contributed by atoms with van der Waals surface area (Å²) in [5.74, 6) is -0.325. The van der Waals surface area contributed by atoms with Gasteiger partial charge < -0.3 is 15.5 Å². The summed E-state index contributed by atoms with van der Waals surface area (Å²) in [5, 5.41) is 0. The number of nitrogens with zero attached hydrogens (tertiary/aromatic N) is 3. The largest absolute Gasteiger partial charge is 0.319 e. The quantitative estimate of drug-likeness (QED) is 0.654. The van der Waals surface area contributed by atoms with Gasteiger partial charge in [-0.15, -0.1) is 0 Å². The SMILES string of the molecule is CCN1CCN(CCCN2C(=O)C[C@H](N)C2=O)CC1. The number of piperazine rings is 1. The van der Waals surface area contributed by atoms with Crippen molar-refractivity contribution in [2.24, 2.45) is 5.73 Å². The summed E-state index contributed by atoms with van der Waals surface area (Å²) in [4.78, 5) is 29.4. The Balaban J connectivity index is 1.67. The molecule has 0 bridgehead atoms. The lowest BCUT2D eigenvalue weighted by atomic mass is 10.3. The van der Waals surface area contributed by atoms with E-state index in [9.17, 15) is 9.59 Å². The summed E-state index contributed by atoms with van der Waals surface area (Å²) >= 11 is 0. The van der Waals surface area contributed by atoms with Crippen molar-refractivity contribution < 1.29 is 9.59 Å². The molecule has 1 atom stereocenters. The van der Waals surface area contributed by atoms with Gasteiger partial charge in [0.25, 0.3) is 0 Å². The first-order chi connectivity index (χ1) is 9.11. The predicted molar refractivity (Wildman–Crippen MR) is 72.5 cm³/mol. The van der Waals surface area contributed by atoms with Crippen molar-refractivity contribution in [3.63, 3.8) is 0 Å². The summed E-state index contributed by atoms with van der Waals surface area (Å²) in [6.45, 7) is 9.14. The van der Waals surface area contributed by atoms with E-state index in [2.05, 4.69) is 16.7 Å². The molecule has 0 aliphatic carbocycles. The molecule has 108 valence electrons. The second-order valence-electron chi connectivity index (χ2n) is 5.32. The number of hydrogen-bond acceptors (Lipinski definition) is 5. The molecule has 6 nitrogen and oxygen atoms in total. The molecular weight excluding hydrogens is 244 g/mol. The minimum absolute atomic E-state index is 0.117. The van der Waals surface area contributed by atoms with Gasteiger partial charge in [-0.1, -0.05) is 6.92 Å². The molecule has 0 radical (unpaired) electrons. The van der Waals surface area contributed by atoms with Crippen LogP contribution in [0.4, 0.5) is 0 Å². The highest BCUT2D eigenvalue weighted by Gasteiger charge is 2.35. The van der Waals surface area contributed by atoms with Gasteiger partial charge in [-0.05, 0) is 19.5 Å². The molecule has 2 amide bonds. The molecule has 0 spiro atoms. The maximum Gasteiger partial charge on any atom is 0.246 e. The average Bonchev–Trinajstić information content (AvgIpc) is 2.66. The van der Waals surface area contributed by atoms with E-state index >= 15 is 0 Å². The Kier molecular flexibility index (Phi) is 4.90. The fourth-order valence-corrected chi connectivity index (χ4v) is 2.73. The topological polar surface area (TPSA) is 69.9 Å². The van der Waals surface area contributed by atoms with Gasteiger partial charge in [-0.3, -0.25) is 14.5 Å². The number of carbonyl (C=O) groups excluding carboxylic acids is 2. The number of hydrogen-bond donors (Lipinski definition) is 1. The molecule has 6 heteroatoms. The second-order valence-corrected chi connectivity index (χ2v) is 5.32. The highest BCUT2D eigenvalue weighted by molar-refractivity contribution is 6.05. The molecule has 0 unspecified atom stereocenters. The van der Waals surface area contributed by atoms with E-state index in [1.165, 1.54) is 4.90 Å². The zero-order valence-electron chi connectivity index (χ0n) is 11.7. The van der Waals surface area contributed by atoms with Gasteiger partial charge in [0.2, 0.25) is 11.8 Å². The Morgan fingerprint density at radius 1 is 1.11 bits per heavy atom. The van der Waals surface area contributed by atoms with E-state index in [1.807, 2.05) is 0 Å². The summed E-state index contributed by atoms with van der Waals surface area (Å²) in [6, 6.07) is -0.611. The number of likely N-dealkylation sites (tertiary alicyclic amines) is 1. The van der Waals surface area contributed by atoms with Gasteiger partial charge in [-0.2, -0.15) is 0 Å². The fraction of sp³-hybridized carbons (Fsp3) is 0.846. The number of imide groups is 1. The lowest BCUT2D eigenvalue weighted by Crippen LogP contribution is -2.46. The molecule has 0 saturated carbocycles. The van der Waals surface area contributed by atoms with Crippen LogP contribution >= 0.6 is 0 Å². The van der Waals surface area contributed by atoms with Crippen LogP contribution in [0.3, 0.4) is 0 Å². The van der Waals surface area contributed by atoms with Crippen molar-refractivity contribution in [2.75, 3.05) is 45.8 Å². The molecule has 0 aromatic carbocycles. The first-order valence-electron chi connectivity index (χ1n) is 7.16. The number of amides is 2. The van der Waals surface area contributed by atoms with Crippen LogP contribution in [0.15, 0.2) is 0 Å². The molecule has 2 aliphatic rings. The number of rotatable bonds is 5. The number of nitrogens with two attached hydrogens (primary N) is 1. The van der Waals surface area contributed by atoms with Crippen molar-refractivity contribution >= 4 is 11.8 Å². The van der Waals surface area contributed by atoms with Crippen LogP contribution in [0.2, 0.25) is 0 Å². The first-order valence-corrected chi connectivity index (χ1v) is 7.16. The first kappa shape index (κ1) is 14.4. The molecule has 19 heavy (non-hydrogen) atoms. The van der Waals surface area contributed by atoms with E-state index in [4.69, 9.17) is 5.73 Å². The third-order valence-electron chi connectivity index (χ3n) is 4.05. The summed E-state index contributed by atoms with van der Waals surface area (Å²) in [7, 11) is 0. The van der Waals surface area contributed by atoms with Crippen molar-refractivity contribution in [2.45, 2.75) is 25.8 Å². The van der Waals surface area contributed by atoms with Gasteiger partial charge in [0, 0.05) is 32.7 Å². The lowest BCUT2D eigenvalue weighted by molar-refractivity contribution is -0.138. The Morgan fingerprint density at radius 3 is 2.26 bits per heavy atom. The van der Waals surface area contributed by atoms with Gasteiger partial charge >= 0.3 is 0 Å². The van der Waals surface area contributed by atoms with Gasteiger partial charge in [0.15, 0.2) is 0 Å². The smallest absolute Gasteiger partial charge is 0.246 e. The highest BCUT2D eigenvalue weighted by atomic mass is 16.2. The average molecular weight is 268 g/mol. The fourth-order valence-electron chi connectivity index (χ4n) is 2.73. The summed E-state index contributed by atoms with van der Waals surface area (Å²) in [6.07, 6.45) is 1.02. The zero-order valence-corrected chi connectivity index (χ0v) is 11.7. The molecular formula is C13H24N4O2. The minimum atomic E-state index is -0.611. The van der Waals surface area contributed by atoms with E-state index in [0.717, 1.165) is 45.7 Å². The van der Waals surface area contributed by atoms with Crippen LogP contribution in [0.25, 0.3) is 0 Å². The van der Waals surface area contributed by atoms with Crippen LogP contribution in [0.1, 0.15) is 19.8 Å². The Bertz CT molecular complexity index is 340. The third-order valence-corrected chi connectivity index (χ3v) is 4.05. The zero-order chi connectivity index (χ0) is 13.8. The number of likely N-dealkylation sites (N-methyl/N-ethyl adjacent to an activating group) is 1. The van der Waals surface area contributed by atoms with Crippen molar-refractivity contribution in [1.82, 2.24) is 14.7 Å². The molecule has 2 rings (SSSR count). The van der Waals surface area contributed by atoms with Gasteiger partial charge in [0.1, 0.15) is 0 Å². The van der Waals surface area contributed by atoms with Gasteiger partial charge in [0.05, 0.1) is 12.5 Å². The molecule has 0 aromatic rings. The van der Waals surface area contributed by atoms with Crippen LogP contribution in [-0.4, -0.2) is 78.4 Å². The van der Waals surface area contributed by atoms with E-state index < -0.39 is 6.04 Å². The van der Waals surface area contributed by atoms with Crippen LogP contribution < -0.4 is 5.73 Å². The van der Waals surface area contributed by atoms with Crippen LogP contribution in [0, 0.1) is 0 Å². The monoisotopic (exact) mass is 268 g/mol. The van der Waals surface area contributed by atoms with E-state index in [-0.39, 0.29) is 18.2 Å². The Morgan fingerprint density at radius 2 is 1.74 bits per heavy atom.